The van der Waals surface area contributed by atoms with Gasteiger partial charge in [-0.25, -0.2) is 9.82 Å². The highest BCUT2D eigenvalue weighted by Crippen LogP contribution is 2.29. The molecule has 2 N–H and O–H groups in total. The van der Waals surface area contributed by atoms with E-state index in [1.807, 2.05) is 12.1 Å². The molecule has 0 aromatic heterocycles. The first-order valence-electron chi connectivity index (χ1n) is 9.02. The largest absolute Gasteiger partial charge is 0.496 e. The fourth-order valence-electron chi connectivity index (χ4n) is 2.51. The molecule has 1 aliphatic heterocycles. The summed E-state index contributed by atoms with van der Waals surface area (Å²) >= 11 is 9.03. The number of nitrogens with one attached hydrogen (secondary N) is 2. The van der Waals surface area contributed by atoms with E-state index >= 15 is 0 Å². The summed E-state index contributed by atoms with van der Waals surface area (Å²) < 4.78 is 19.6. The molecule has 11 heteroatoms. The average molecular weight is 481 g/mol. The van der Waals surface area contributed by atoms with Crippen molar-refractivity contribution in [3.05, 3.63) is 58.4 Å². The molecule has 0 saturated heterocycles. The summed E-state index contributed by atoms with van der Waals surface area (Å²) in [6.45, 7) is 0.846. The third kappa shape index (κ3) is 6.71. The third-order valence-corrected chi connectivity index (χ3v) is 6.57. The van der Waals surface area contributed by atoms with E-state index in [0.717, 1.165) is 39.6 Å². The Kier molecular flexibility index (Phi) is 8.33. The summed E-state index contributed by atoms with van der Waals surface area (Å²) in [5.74, 6) is -0.117. The smallest absolute Gasteiger partial charge is 0.329 e. The fourth-order valence-corrected chi connectivity index (χ4v) is 4.68. The van der Waals surface area contributed by atoms with E-state index in [0.29, 0.717) is 5.75 Å². The highest BCUT2D eigenvalue weighted by atomic mass is 35.5. The SMILES string of the molecule is COc1ccc(/C=N/NC(=O)C(=O)Nc2ccc(F)c(Cl)c2)cc1CSC1=NCCS1. The normalized spacial score (nSPS) is 13.2. The molecule has 0 unspecified atom stereocenters. The van der Waals surface area contributed by atoms with Crippen LogP contribution in [0, 0.1) is 5.82 Å². The Morgan fingerprint density at radius 1 is 1.32 bits per heavy atom. The van der Waals surface area contributed by atoms with Crippen molar-refractivity contribution in [3.8, 4) is 5.75 Å². The number of methoxy groups -OCH3 is 1. The van der Waals surface area contributed by atoms with Crippen LogP contribution in [-0.2, 0) is 15.3 Å². The molecule has 1 heterocycles. The lowest BCUT2D eigenvalue weighted by Crippen LogP contribution is -2.32. The average Bonchev–Trinajstić information content (AvgIpc) is 3.28. The minimum Gasteiger partial charge on any atom is -0.496 e. The molecule has 0 radical (unpaired) electrons. The van der Waals surface area contributed by atoms with Crippen molar-refractivity contribution in [2.45, 2.75) is 5.75 Å². The van der Waals surface area contributed by atoms with Gasteiger partial charge in [-0.05, 0) is 42.0 Å². The van der Waals surface area contributed by atoms with Crippen molar-refractivity contribution in [2.75, 3.05) is 24.7 Å². The van der Waals surface area contributed by atoms with Crippen LogP contribution in [0.3, 0.4) is 0 Å². The van der Waals surface area contributed by atoms with Crippen LogP contribution in [0.4, 0.5) is 10.1 Å². The quantitative estimate of drug-likeness (QED) is 0.371. The van der Waals surface area contributed by atoms with E-state index in [4.69, 9.17) is 16.3 Å². The number of hydrogen-bond donors (Lipinski definition) is 2. The van der Waals surface area contributed by atoms with Crippen LogP contribution < -0.4 is 15.5 Å². The van der Waals surface area contributed by atoms with Gasteiger partial charge in [-0.2, -0.15) is 5.10 Å². The number of benzene rings is 2. The Hall–Kier alpha value is -2.56. The first-order valence-corrected chi connectivity index (χ1v) is 11.4. The number of ether oxygens (including phenoxy) is 1. The molecular formula is C20H18ClFN4O3S2. The maximum atomic E-state index is 13.2. The first kappa shape index (κ1) is 23.1. The van der Waals surface area contributed by atoms with Gasteiger partial charge in [0.15, 0.2) is 0 Å². The van der Waals surface area contributed by atoms with Crippen LogP contribution in [0.25, 0.3) is 0 Å². The van der Waals surface area contributed by atoms with Crippen LogP contribution in [0.5, 0.6) is 5.75 Å². The van der Waals surface area contributed by atoms with Gasteiger partial charge in [0, 0.05) is 22.8 Å². The standard InChI is InChI=1S/C20H18ClFN4O3S2/c1-29-17-5-2-12(8-13(17)11-31-20-23-6-7-30-20)10-24-26-19(28)18(27)25-14-3-4-16(22)15(21)9-14/h2-5,8-10H,6-7,11H2,1H3,(H,25,27)(H,26,28)/b24-10+. The van der Waals surface area contributed by atoms with Gasteiger partial charge in [-0.15, -0.1) is 0 Å². The first-order chi connectivity index (χ1) is 15.0. The highest BCUT2D eigenvalue weighted by molar-refractivity contribution is 8.38. The lowest BCUT2D eigenvalue weighted by molar-refractivity contribution is -0.136. The number of carbonyl (C=O) groups excluding carboxylic acids is 2. The molecule has 7 nitrogen and oxygen atoms in total. The Morgan fingerprint density at radius 2 is 2.16 bits per heavy atom. The second kappa shape index (κ2) is 11.2. The fraction of sp³-hybridized carbons (Fsp3) is 0.200. The van der Waals surface area contributed by atoms with Crippen molar-refractivity contribution in [3.63, 3.8) is 0 Å². The molecule has 1 aliphatic rings. The maximum Gasteiger partial charge on any atom is 0.329 e. The molecule has 0 aliphatic carbocycles. The number of rotatable bonds is 6. The summed E-state index contributed by atoms with van der Waals surface area (Å²) in [5.41, 5.74) is 4.03. The Bertz CT molecular complexity index is 1050. The molecule has 0 saturated carbocycles. The minimum atomic E-state index is -0.975. The molecule has 2 aromatic rings. The number of anilines is 1. The zero-order valence-corrected chi connectivity index (χ0v) is 18.7. The Balaban J connectivity index is 1.57. The molecule has 0 fully saturated rings. The molecular weight excluding hydrogens is 463 g/mol. The lowest BCUT2D eigenvalue weighted by atomic mass is 10.1. The van der Waals surface area contributed by atoms with Crippen molar-refractivity contribution < 1.29 is 18.7 Å². The summed E-state index contributed by atoms with van der Waals surface area (Å²) in [4.78, 5) is 28.3. The second-order valence-corrected chi connectivity index (χ2v) is 8.85. The zero-order chi connectivity index (χ0) is 22.2. The summed E-state index contributed by atoms with van der Waals surface area (Å²) in [5, 5.41) is 5.98. The van der Waals surface area contributed by atoms with Gasteiger partial charge in [-0.1, -0.05) is 35.1 Å². The number of aliphatic imine (C=N–C) groups is 1. The van der Waals surface area contributed by atoms with Gasteiger partial charge in [-0.3, -0.25) is 14.6 Å². The van der Waals surface area contributed by atoms with Crippen LogP contribution >= 0.6 is 35.1 Å². The van der Waals surface area contributed by atoms with E-state index in [9.17, 15) is 14.0 Å². The molecule has 2 amide bonds. The van der Waals surface area contributed by atoms with Crippen molar-refractivity contribution in [2.24, 2.45) is 10.1 Å². The summed E-state index contributed by atoms with van der Waals surface area (Å²) in [6.07, 6.45) is 1.43. The van der Waals surface area contributed by atoms with Crippen LogP contribution in [0.15, 0.2) is 46.5 Å². The van der Waals surface area contributed by atoms with Gasteiger partial charge in [0.1, 0.15) is 15.9 Å². The Labute approximate surface area is 191 Å². The van der Waals surface area contributed by atoms with Crippen molar-refractivity contribution in [1.29, 1.82) is 0 Å². The number of hydrogen-bond acceptors (Lipinski definition) is 7. The maximum absolute atomic E-state index is 13.2. The molecule has 31 heavy (non-hydrogen) atoms. The van der Waals surface area contributed by atoms with Crippen molar-refractivity contribution in [1.82, 2.24) is 5.43 Å². The number of thioether (sulfide) groups is 2. The number of halogens is 2. The van der Waals surface area contributed by atoms with Crippen LogP contribution in [0.2, 0.25) is 5.02 Å². The van der Waals surface area contributed by atoms with Crippen molar-refractivity contribution >= 4 is 63.2 Å². The lowest BCUT2D eigenvalue weighted by Gasteiger charge is -2.09. The minimum absolute atomic E-state index is 0.164. The Morgan fingerprint density at radius 3 is 2.87 bits per heavy atom. The number of hydrazone groups is 1. The predicted molar refractivity (Wildman–Crippen MR) is 125 cm³/mol. The van der Waals surface area contributed by atoms with E-state index in [1.165, 1.54) is 18.3 Å². The molecule has 162 valence electrons. The van der Waals surface area contributed by atoms with Crippen LogP contribution in [0.1, 0.15) is 11.1 Å². The van der Waals surface area contributed by atoms with Gasteiger partial charge in [0.25, 0.3) is 0 Å². The van der Waals surface area contributed by atoms with Gasteiger partial charge < -0.3 is 10.1 Å². The summed E-state index contributed by atoms with van der Waals surface area (Å²) in [6, 6.07) is 9.08. The number of carbonyl (C=O) groups is 2. The molecule has 3 rings (SSSR count). The van der Waals surface area contributed by atoms with Gasteiger partial charge >= 0.3 is 11.8 Å². The van der Waals surface area contributed by atoms with Crippen LogP contribution in [-0.4, -0.2) is 41.8 Å². The molecule has 0 bridgehead atoms. The predicted octanol–water partition coefficient (Wildman–Crippen LogP) is 3.91. The number of amides is 2. The van der Waals surface area contributed by atoms with E-state index < -0.39 is 17.6 Å². The monoisotopic (exact) mass is 480 g/mol. The zero-order valence-electron chi connectivity index (χ0n) is 16.4. The van der Waals surface area contributed by atoms with E-state index in [1.54, 1.807) is 36.7 Å². The molecule has 0 atom stereocenters. The number of nitrogens with zero attached hydrogens (tertiary/aromatic N) is 2. The van der Waals surface area contributed by atoms with E-state index in [-0.39, 0.29) is 10.7 Å². The van der Waals surface area contributed by atoms with Gasteiger partial charge in [0.2, 0.25) is 0 Å². The molecule has 2 aromatic carbocycles. The van der Waals surface area contributed by atoms with E-state index in [2.05, 4.69) is 20.8 Å². The highest BCUT2D eigenvalue weighted by Gasteiger charge is 2.14. The third-order valence-electron chi connectivity index (χ3n) is 3.98. The second-order valence-electron chi connectivity index (χ2n) is 6.14. The summed E-state index contributed by atoms with van der Waals surface area (Å²) in [7, 11) is 1.60. The van der Waals surface area contributed by atoms with Gasteiger partial charge in [0.05, 0.1) is 24.9 Å². The topological polar surface area (TPSA) is 92.1 Å². The molecule has 0 spiro atoms.